The summed E-state index contributed by atoms with van der Waals surface area (Å²) in [5.74, 6) is 0. The molecule has 66 valence electrons. The fourth-order valence-electron chi connectivity index (χ4n) is 1.29. The van der Waals surface area contributed by atoms with Crippen molar-refractivity contribution in [2.24, 2.45) is 4.99 Å². The van der Waals surface area contributed by atoms with Crippen LogP contribution in [0.5, 0.6) is 0 Å². The van der Waals surface area contributed by atoms with E-state index in [0.29, 0.717) is 0 Å². The lowest BCUT2D eigenvalue weighted by Crippen LogP contribution is -2.11. The number of aliphatic imine (C=N–C) groups is 1. The molecular weight excluding hydrogens is 279 g/mol. The van der Waals surface area contributed by atoms with Crippen molar-refractivity contribution in [1.29, 1.82) is 0 Å². The molecule has 0 spiro atoms. The van der Waals surface area contributed by atoms with Crippen LogP contribution in [-0.2, 0) is 4.79 Å². The third-order valence-electron chi connectivity index (χ3n) is 1.92. The first-order valence-electron chi connectivity index (χ1n) is 3.84. The number of anilines is 1. The molecule has 1 aliphatic rings. The molecule has 13 heavy (non-hydrogen) atoms. The molecule has 0 aromatic heterocycles. The summed E-state index contributed by atoms with van der Waals surface area (Å²) in [5.41, 5.74) is 1.91. The van der Waals surface area contributed by atoms with E-state index in [0.717, 1.165) is 21.1 Å². The van der Waals surface area contributed by atoms with Gasteiger partial charge in [0.2, 0.25) is 0 Å². The molecule has 0 radical (unpaired) electrons. The van der Waals surface area contributed by atoms with Gasteiger partial charge in [0.05, 0.1) is 6.34 Å². The predicted molar refractivity (Wildman–Crippen MR) is 60.1 cm³/mol. The molecule has 1 atom stereocenters. The van der Waals surface area contributed by atoms with E-state index in [4.69, 9.17) is 0 Å². The molecule has 1 aliphatic heterocycles. The standard InChI is InChI=1S/C9H7IN2O/c10-6-1-2-7-8(3-6)11-5-12-9(7)4-13/h1-5,9H,(H,11,12). The molecule has 1 aromatic rings. The number of hydrogen-bond donors (Lipinski definition) is 1. The summed E-state index contributed by atoms with van der Waals surface area (Å²) in [6.07, 6.45) is 2.42. The zero-order valence-corrected chi connectivity index (χ0v) is 8.86. The van der Waals surface area contributed by atoms with Crippen LogP contribution < -0.4 is 5.32 Å². The van der Waals surface area contributed by atoms with Gasteiger partial charge in [0, 0.05) is 14.8 Å². The van der Waals surface area contributed by atoms with Crippen molar-refractivity contribution >= 4 is 40.9 Å². The highest BCUT2D eigenvalue weighted by molar-refractivity contribution is 14.1. The maximum atomic E-state index is 10.7. The molecule has 0 saturated heterocycles. The molecule has 3 nitrogen and oxygen atoms in total. The average Bonchev–Trinajstić information content (AvgIpc) is 2.16. The van der Waals surface area contributed by atoms with Gasteiger partial charge in [-0.05, 0) is 34.7 Å². The Hall–Kier alpha value is -0.910. The molecule has 0 saturated carbocycles. The highest BCUT2D eigenvalue weighted by Gasteiger charge is 2.15. The molecule has 1 heterocycles. The van der Waals surface area contributed by atoms with Crippen LogP contribution in [0.2, 0.25) is 0 Å². The van der Waals surface area contributed by atoms with Gasteiger partial charge in [-0.25, -0.2) is 0 Å². The molecule has 2 rings (SSSR count). The molecule has 1 N–H and O–H groups in total. The van der Waals surface area contributed by atoms with E-state index in [1.807, 2.05) is 18.2 Å². The van der Waals surface area contributed by atoms with Crippen LogP contribution in [0.25, 0.3) is 0 Å². The van der Waals surface area contributed by atoms with Gasteiger partial charge in [-0.2, -0.15) is 0 Å². The Balaban J connectivity index is 2.50. The predicted octanol–water partition coefficient (Wildman–Crippen LogP) is 1.98. The van der Waals surface area contributed by atoms with E-state index < -0.39 is 0 Å². The summed E-state index contributed by atoms with van der Waals surface area (Å²) in [5, 5.41) is 3.01. The minimum Gasteiger partial charge on any atom is -0.346 e. The van der Waals surface area contributed by atoms with Crippen molar-refractivity contribution in [1.82, 2.24) is 0 Å². The molecule has 0 aliphatic carbocycles. The smallest absolute Gasteiger partial charge is 0.149 e. The first kappa shape index (κ1) is 8.68. The Morgan fingerprint density at radius 2 is 2.38 bits per heavy atom. The number of carbonyl (C=O) groups is 1. The summed E-state index contributed by atoms with van der Waals surface area (Å²) in [6, 6.07) is 5.56. The van der Waals surface area contributed by atoms with E-state index >= 15 is 0 Å². The second-order valence-corrected chi connectivity index (χ2v) is 3.98. The second-order valence-electron chi connectivity index (χ2n) is 2.74. The Morgan fingerprint density at radius 1 is 1.54 bits per heavy atom. The van der Waals surface area contributed by atoms with Crippen LogP contribution >= 0.6 is 22.6 Å². The molecule has 4 heteroatoms. The van der Waals surface area contributed by atoms with Gasteiger partial charge in [-0.15, -0.1) is 0 Å². The second kappa shape index (κ2) is 3.45. The Labute approximate surface area is 89.4 Å². The van der Waals surface area contributed by atoms with E-state index in [-0.39, 0.29) is 6.04 Å². The third-order valence-corrected chi connectivity index (χ3v) is 2.59. The highest BCUT2D eigenvalue weighted by Crippen LogP contribution is 2.28. The molecular formula is C9H7IN2O. The number of nitrogens with zero attached hydrogens (tertiary/aromatic N) is 1. The number of carbonyl (C=O) groups excluding carboxylic acids is 1. The van der Waals surface area contributed by atoms with Crippen LogP contribution in [0, 0.1) is 3.57 Å². The maximum Gasteiger partial charge on any atom is 0.149 e. The zero-order chi connectivity index (χ0) is 9.26. The van der Waals surface area contributed by atoms with Gasteiger partial charge < -0.3 is 10.1 Å². The molecule has 1 unspecified atom stereocenters. The topological polar surface area (TPSA) is 41.5 Å². The van der Waals surface area contributed by atoms with Gasteiger partial charge in [0.15, 0.2) is 0 Å². The van der Waals surface area contributed by atoms with Crippen molar-refractivity contribution < 1.29 is 4.79 Å². The largest absolute Gasteiger partial charge is 0.346 e. The van der Waals surface area contributed by atoms with Crippen molar-refractivity contribution in [2.45, 2.75) is 6.04 Å². The lowest BCUT2D eigenvalue weighted by molar-refractivity contribution is -0.108. The number of rotatable bonds is 1. The van der Waals surface area contributed by atoms with Crippen LogP contribution in [0.15, 0.2) is 23.2 Å². The van der Waals surface area contributed by atoms with Crippen molar-refractivity contribution in [3.63, 3.8) is 0 Å². The van der Waals surface area contributed by atoms with Crippen molar-refractivity contribution in [2.75, 3.05) is 5.32 Å². The Bertz CT molecular complexity index is 376. The normalized spacial score (nSPS) is 19.0. The van der Waals surface area contributed by atoms with Crippen LogP contribution in [0.4, 0.5) is 5.69 Å². The number of aldehydes is 1. The minimum atomic E-state index is -0.340. The molecule has 0 fully saturated rings. The molecule has 0 amide bonds. The number of hydrogen-bond acceptors (Lipinski definition) is 3. The zero-order valence-electron chi connectivity index (χ0n) is 6.70. The van der Waals surface area contributed by atoms with E-state index in [1.54, 1.807) is 6.34 Å². The Morgan fingerprint density at radius 3 is 3.15 bits per heavy atom. The fraction of sp³-hybridized carbons (Fsp3) is 0.111. The lowest BCUT2D eigenvalue weighted by Gasteiger charge is -2.16. The lowest BCUT2D eigenvalue weighted by atomic mass is 10.1. The summed E-state index contributed by atoms with van der Waals surface area (Å²) in [4.78, 5) is 14.7. The first-order chi connectivity index (χ1) is 6.31. The average molecular weight is 286 g/mol. The summed E-state index contributed by atoms with van der Waals surface area (Å²) < 4.78 is 1.14. The van der Waals surface area contributed by atoms with Crippen LogP contribution in [-0.4, -0.2) is 12.6 Å². The first-order valence-corrected chi connectivity index (χ1v) is 4.92. The summed E-state index contributed by atoms with van der Waals surface area (Å²) in [6.45, 7) is 0. The minimum absolute atomic E-state index is 0.340. The monoisotopic (exact) mass is 286 g/mol. The Kier molecular flexibility index (Phi) is 2.30. The number of nitrogens with one attached hydrogen (secondary N) is 1. The quantitative estimate of drug-likeness (QED) is 0.633. The molecule has 1 aromatic carbocycles. The maximum absolute atomic E-state index is 10.7. The third kappa shape index (κ3) is 1.58. The number of fused-ring (bicyclic) bond motifs is 1. The number of halogens is 1. The SMILES string of the molecule is O=CC1N=CNc2cc(I)ccc21. The van der Waals surface area contributed by atoms with E-state index in [1.165, 1.54) is 0 Å². The van der Waals surface area contributed by atoms with Crippen LogP contribution in [0.1, 0.15) is 11.6 Å². The van der Waals surface area contributed by atoms with Gasteiger partial charge in [-0.3, -0.25) is 4.99 Å². The fourth-order valence-corrected chi connectivity index (χ4v) is 1.78. The van der Waals surface area contributed by atoms with Gasteiger partial charge in [-0.1, -0.05) is 6.07 Å². The van der Waals surface area contributed by atoms with Gasteiger partial charge in [0.25, 0.3) is 0 Å². The van der Waals surface area contributed by atoms with Gasteiger partial charge in [0.1, 0.15) is 12.3 Å². The van der Waals surface area contributed by atoms with Crippen LogP contribution in [0.3, 0.4) is 0 Å². The van der Waals surface area contributed by atoms with E-state index in [9.17, 15) is 4.79 Å². The number of benzene rings is 1. The molecule has 0 bridgehead atoms. The summed E-state index contributed by atoms with van der Waals surface area (Å²) in [7, 11) is 0. The van der Waals surface area contributed by atoms with Gasteiger partial charge >= 0.3 is 0 Å². The summed E-state index contributed by atoms with van der Waals surface area (Å²) >= 11 is 2.23. The van der Waals surface area contributed by atoms with Crippen molar-refractivity contribution in [3.05, 3.63) is 27.3 Å². The van der Waals surface area contributed by atoms with Crippen molar-refractivity contribution in [3.8, 4) is 0 Å². The van der Waals surface area contributed by atoms with E-state index in [2.05, 4.69) is 32.9 Å². The highest BCUT2D eigenvalue weighted by atomic mass is 127.